The van der Waals surface area contributed by atoms with Gasteiger partial charge in [-0.3, -0.25) is 4.79 Å². The summed E-state index contributed by atoms with van der Waals surface area (Å²) in [5.74, 6) is 0.195. The molecule has 1 aromatic carbocycles. The number of ketones is 1. The number of nitrogens with zero attached hydrogens (tertiary/aromatic N) is 1. The highest BCUT2D eigenvalue weighted by Gasteiger charge is 2.06. The van der Waals surface area contributed by atoms with Crippen LogP contribution in [-0.4, -0.2) is 48.1 Å². The Hall–Kier alpha value is -2.93. The van der Waals surface area contributed by atoms with Gasteiger partial charge in [-0.2, -0.15) is 0 Å². The predicted molar refractivity (Wildman–Crippen MR) is 94.1 cm³/mol. The molecule has 0 saturated heterocycles. The van der Waals surface area contributed by atoms with Crippen molar-refractivity contribution in [2.24, 2.45) is 0 Å². The quantitative estimate of drug-likeness (QED) is 0.423. The summed E-state index contributed by atoms with van der Waals surface area (Å²) in [5, 5.41) is 14.9. The zero-order valence-electron chi connectivity index (χ0n) is 13.8. The second kappa shape index (κ2) is 10.0. The van der Waals surface area contributed by atoms with E-state index in [-0.39, 0.29) is 12.3 Å². The van der Waals surface area contributed by atoms with E-state index in [1.54, 1.807) is 30.5 Å². The molecule has 3 N–H and O–H groups in total. The molecule has 1 aromatic heterocycles. The Morgan fingerprint density at radius 1 is 1.08 bits per heavy atom. The van der Waals surface area contributed by atoms with Gasteiger partial charge in [-0.1, -0.05) is 6.07 Å². The fourth-order valence-corrected chi connectivity index (χ4v) is 2.08. The van der Waals surface area contributed by atoms with Gasteiger partial charge in [-0.05, 0) is 49.4 Å². The van der Waals surface area contributed by atoms with Gasteiger partial charge in [0, 0.05) is 18.3 Å². The SMILES string of the molecule is O=C(O)COc1ccc(C(=O)CNCCCNc2ccccn2)cc1. The van der Waals surface area contributed by atoms with Gasteiger partial charge in [0.2, 0.25) is 0 Å². The number of pyridine rings is 1. The Kier molecular flexibility index (Phi) is 7.40. The summed E-state index contributed by atoms with van der Waals surface area (Å²) in [5.41, 5.74) is 0.557. The molecule has 0 aliphatic carbocycles. The maximum Gasteiger partial charge on any atom is 0.341 e. The van der Waals surface area contributed by atoms with Crippen molar-refractivity contribution >= 4 is 17.6 Å². The van der Waals surface area contributed by atoms with Gasteiger partial charge in [0.25, 0.3) is 0 Å². The summed E-state index contributed by atoms with van der Waals surface area (Å²) in [6.07, 6.45) is 2.60. The number of hydrogen-bond donors (Lipinski definition) is 3. The predicted octanol–water partition coefficient (Wildman–Crippen LogP) is 1.82. The van der Waals surface area contributed by atoms with E-state index in [0.29, 0.717) is 17.9 Å². The molecule has 7 heteroatoms. The number of rotatable bonds is 11. The number of Topliss-reactive ketones (excluding diaryl/α,β-unsaturated/α-hetero) is 1. The first-order valence-electron chi connectivity index (χ1n) is 7.98. The number of benzene rings is 1. The van der Waals surface area contributed by atoms with E-state index in [0.717, 1.165) is 18.8 Å². The van der Waals surface area contributed by atoms with E-state index in [1.165, 1.54) is 0 Å². The van der Waals surface area contributed by atoms with Crippen molar-refractivity contribution in [3.63, 3.8) is 0 Å². The molecule has 25 heavy (non-hydrogen) atoms. The minimum atomic E-state index is -1.04. The molecule has 0 bridgehead atoms. The van der Waals surface area contributed by atoms with Crippen molar-refractivity contribution in [1.29, 1.82) is 0 Å². The number of ether oxygens (including phenoxy) is 1. The number of carbonyl (C=O) groups is 2. The van der Waals surface area contributed by atoms with Crippen molar-refractivity contribution in [1.82, 2.24) is 10.3 Å². The summed E-state index contributed by atoms with van der Waals surface area (Å²) in [6.45, 7) is 1.33. The Morgan fingerprint density at radius 3 is 2.56 bits per heavy atom. The molecule has 1 heterocycles. The highest BCUT2D eigenvalue weighted by molar-refractivity contribution is 5.97. The van der Waals surface area contributed by atoms with Crippen LogP contribution in [0.3, 0.4) is 0 Å². The molecule has 132 valence electrons. The first-order valence-corrected chi connectivity index (χ1v) is 7.98. The highest BCUT2D eigenvalue weighted by Crippen LogP contribution is 2.12. The normalized spacial score (nSPS) is 10.2. The topological polar surface area (TPSA) is 101 Å². The molecule has 0 fully saturated rings. The summed E-state index contributed by atoms with van der Waals surface area (Å²) >= 11 is 0. The number of aromatic nitrogens is 1. The lowest BCUT2D eigenvalue weighted by molar-refractivity contribution is -0.139. The van der Waals surface area contributed by atoms with Crippen LogP contribution < -0.4 is 15.4 Å². The standard InChI is InChI=1S/C18H21N3O4/c22-16(14-5-7-15(8-6-14)25-13-18(23)24)12-19-9-3-11-21-17-4-1-2-10-20-17/h1-2,4-8,10,19H,3,9,11-13H2,(H,20,21)(H,23,24). The fraction of sp³-hybridized carbons (Fsp3) is 0.278. The van der Waals surface area contributed by atoms with Crippen LogP contribution in [-0.2, 0) is 4.79 Å². The minimum Gasteiger partial charge on any atom is -0.482 e. The molecule has 0 aliphatic rings. The van der Waals surface area contributed by atoms with Gasteiger partial charge in [0.05, 0.1) is 6.54 Å². The van der Waals surface area contributed by atoms with Gasteiger partial charge in [-0.15, -0.1) is 0 Å². The number of carboxylic acid groups (broad SMARTS) is 1. The second-order valence-corrected chi connectivity index (χ2v) is 5.30. The largest absolute Gasteiger partial charge is 0.482 e. The van der Waals surface area contributed by atoms with Crippen LogP contribution in [0.1, 0.15) is 16.8 Å². The summed E-state index contributed by atoms with van der Waals surface area (Å²) in [7, 11) is 0. The van der Waals surface area contributed by atoms with Crippen LogP contribution in [0.4, 0.5) is 5.82 Å². The number of carbonyl (C=O) groups excluding carboxylic acids is 1. The molecule has 0 amide bonds. The summed E-state index contributed by atoms with van der Waals surface area (Å²) in [6, 6.07) is 12.1. The second-order valence-electron chi connectivity index (χ2n) is 5.30. The van der Waals surface area contributed by atoms with E-state index in [1.807, 2.05) is 18.2 Å². The molecule has 7 nitrogen and oxygen atoms in total. The zero-order valence-corrected chi connectivity index (χ0v) is 13.8. The number of carboxylic acids is 1. The van der Waals surface area contributed by atoms with E-state index >= 15 is 0 Å². The van der Waals surface area contributed by atoms with Crippen molar-refractivity contribution < 1.29 is 19.4 Å². The van der Waals surface area contributed by atoms with E-state index in [2.05, 4.69) is 15.6 Å². The third-order valence-electron chi connectivity index (χ3n) is 3.33. The summed E-state index contributed by atoms with van der Waals surface area (Å²) in [4.78, 5) is 26.6. The van der Waals surface area contributed by atoms with E-state index in [9.17, 15) is 9.59 Å². The smallest absolute Gasteiger partial charge is 0.341 e. The number of anilines is 1. The monoisotopic (exact) mass is 343 g/mol. The average molecular weight is 343 g/mol. The van der Waals surface area contributed by atoms with Crippen molar-refractivity contribution in [3.8, 4) is 5.75 Å². The maximum absolute atomic E-state index is 12.1. The van der Waals surface area contributed by atoms with Crippen molar-refractivity contribution in [2.45, 2.75) is 6.42 Å². The molecule has 2 aromatic rings. The van der Waals surface area contributed by atoms with Gasteiger partial charge in [-0.25, -0.2) is 9.78 Å². The molecular formula is C18H21N3O4. The molecule has 0 unspecified atom stereocenters. The number of nitrogens with one attached hydrogen (secondary N) is 2. The average Bonchev–Trinajstić information content (AvgIpc) is 2.64. The van der Waals surface area contributed by atoms with E-state index in [4.69, 9.17) is 9.84 Å². The molecule has 0 atom stereocenters. The molecule has 0 spiro atoms. The van der Waals surface area contributed by atoms with Gasteiger partial charge in [0.15, 0.2) is 12.4 Å². The Bertz CT molecular complexity index is 674. The molecule has 0 aliphatic heterocycles. The van der Waals surface area contributed by atoms with Gasteiger partial charge < -0.3 is 20.5 Å². The first kappa shape index (κ1) is 18.4. The van der Waals surface area contributed by atoms with Crippen molar-refractivity contribution in [2.75, 3.05) is 31.6 Å². The lowest BCUT2D eigenvalue weighted by Crippen LogP contribution is -2.25. The number of aliphatic carboxylic acids is 1. The zero-order chi connectivity index (χ0) is 17.9. The van der Waals surface area contributed by atoms with Crippen LogP contribution in [0.5, 0.6) is 5.75 Å². The Labute approximate surface area is 146 Å². The van der Waals surface area contributed by atoms with E-state index < -0.39 is 12.6 Å². The van der Waals surface area contributed by atoms with Gasteiger partial charge in [0.1, 0.15) is 11.6 Å². The molecule has 0 radical (unpaired) electrons. The van der Waals surface area contributed by atoms with Crippen molar-refractivity contribution in [3.05, 3.63) is 54.2 Å². The summed E-state index contributed by atoms with van der Waals surface area (Å²) < 4.78 is 5.03. The fourth-order valence-electron chi connectivity index (χ4n) is 2.08. The highest BCUT2D eigenvalue weighted by atomic mass is 16.5. The Morgan fingerprint density at radius 2 is 1.88 bits per heavy atom. The lowest BCUT2D eigenvalue weighted by atomic mass is 10.1. The van der Waals surface area contributed by atoms with Gasteiger partial charge >= 0.3 is 5.97 Å². The molecule has 0 saturated carbocycles. The first-order chi connectivity index (χ1) is 12.1. The third kappa shape index (κ3) is 7.01. The van der Waals surface area contributed by atoms with Crippen LogP contribution in [0.15, 0.2) is 48.7 Å². The molecule has 2 rings (SSSR count). The van der Waals surface area contributed by atoms with Crippen LogP contribution in [0.2, 0.25) is 0 Å². The maximum atomic E-state index is 12.1. The lowest BCUT2D eigenvalue weighted by Gasteiger charge is -2.07. The third-order valence-corrected chi connectivity index (χ3v) is 3.33. The van der Waals surface area contributed by atoms with Crippen LogP contribution in [0.25, 0.3) is 0 Å². The minimum absolute atomic E-state index is 0.0255. The number of hydrogen-bond acceptors (Lipinski definition) is 6. The van der Waals surface area contributed by atoms with Crippen LogP contribution in [0, 0.1) is 0 Å². The van der Waals surface area contributed by atoms with Crippen LogP contribution >= 0.6 is 0 Å². The Balaban J connectivity index is 1.62. The molecular weight excluding hydrogens is 322 g/mol.